The van der Waals surface area contributed by atoms with E-state index in [1.165, 1.54) is 0 Å². The van der Waals surface area contributed by atoms with Crippen LogP contribution in [0.1, 0.15) is 31.0 Å². The molecular formula is C29H27ClN6O2. The molecule has 3 heterocycles. The number of anilines is 2. The highest BCUT2D eigenvalue weighted by molar-refractivity contribution is 6.32. The van der Waals surface area contributed by atoms with Crippen LogP contribution in [0.25, 0.3) is 10.9 Å². The molecule has 0 aliphatic carbocycles. The van der Waals surface area contributed by atoms with Crippen molar-refractivity contribution in [2.45, 2.75) is 26.4 Å². The van der Waals surface area contributed by atoms with Crippen LogP contribution in [0.5, 0.6) is 11.5 Å². The number of benzene rings is 2. The number of amidine groups is 1. The molecule has 0 bridgehead atoms. The number of rotatable bonds is 8. The number of hydrogen-bond donors (Lipinski definition) is 1. The van der Waals surface area contributed by atoms with E-state index >= 15 is 0 Å². The van der Waals surface area contributed by atoms with Gasteiger partial charge in [0, 0.05) is 49.5 Å². The van der Waals surface area contributed by atoms with E-state index in [-0.39, 0.29) is 0 Å². The summed E-state index contributed by atoms with van der Waals surface area (Å²) in [4.78, 5) is 15.9. The number of aromatic nitrogens is 2. The SMILES string of the molecule is CCOc1cc2ncc(C#N)c(Nc3ccc(OCc4ccccn4)c(Cl)c3)c2cc1/N=C1\CCCN1C. The lowest BCUT2D eigenvalue weighted by Gasteiger charge is -2.16. The number of nitrogens with zero attached hydrogens (tertiary/aromatic N) is 5. The van der Waals surface area contributed by atoms with Crippen LogP contribution < -0.4 is 14.8 Å². The maximum atomic E-state index is 9.86. The Balaban J connectivity index is 1.49. The van der Waals surface area contributed by atoms with Crippen molar-refractivity contribution in [2.75, 3.05) is 25.5 Å². The molecule has 8 nitrogen and oxygen atoms in total. The van der Waals surface area contributed by atoms with Gasteiger partial charge in [0.1, 0.15) is 35.7 Å². The minimum atomic E-state index is 0.309. The minimum Gasteiger partial charge on any atom is -0.492 e. The van der Waals surface area contributed by atoms with Crippen molar-refractivity contribution in [1.29, 1.82) is 5.26 Å². The number of hydrogen-bond acceptors (Lipinski definition) is 7. The van der Waals surface area contributed by atoms with Crippen molar-refractivity contribution in [2.24, 2.45) is 4.99 Å². The summed E-state index contributed by atoms with van der Waals surface area (Å²) in [6, 6.07) is 17.1. The first-order valence-corrected chi connectivity index (χ1v) is 12.8. The molecule has 0 spiro atoms. The van der Waals surface area contributed by atoms with Gasteiger partial charge in [-0.15, -0.1) is 0 Å². The number of nitrogens with one attached hydrogen (secondary N) is 1. The molecule has 1 aliphatic heterocycles. The Morgan fingerprint density at radius 3 is 2.74 bits per heavy atom. The second-order valence-corrected chi connectivity index (χ2v) is 9.27. The van der Waals surface area contributed by atoms with Crippen LogP contribution >= 0.6 is 11.6 Å². The standard InChI is InChI=1S/C29H27ClN6O2/c1-3-37-27-15-24-22(14-25(27)35-28-8-6-12-36(28)2)29(19(16-31)17-33-24)34-20-9-10-26(23(30)13-20)38-18-21-7-4-5-11-32-21/h4-5,7,9-11,13-15,17H,3,6,8,12,18H2,1-2H3,(H,33,34)/b35-28+. The van der Waals surface area contributed by atoms with Gasteiger partial charge >= 0.3 is 0 Å². The average Bonchev–Trinajstić information content (AvgIpc) is 3.33. The number of aliphatic imine (C=N–C) groups is 1. The molecule has 0 amide bonds. The molecule has 1 N–H and O–H groups in total. The Kier molecular flexibility index (Phi) is 7.57. The lowest BCUT2D eigenvalue weighted by atomic mass is 10.1. The average molecular weight is 527 g/mol. The highest BCUT2D eigenvalue weighted by Crippen LogP contribution is 2.39. The van der Waals surface area contributed by atoms with E-state index in [9.17, 15) is 5.26 Å². The molecule has 38 heavy (non-hydrogen) atoms. The smallest absolute Gasteiger partial charge is 0.147 e. The summed E-state index contributed by atoms with van der Waals surface area (Å²) >= 11 is 6.54. The van der Waals surface area contributed by atoms with Gasteiger partial charge in [-0.05, 0) is 49.7 Å². The fourth-order valence-electron chi connectivity index (χ4n) is 4.34. The number of halogens is 1. The molecule has 192 valence electrons. The van der Waals surface area contributed by atoms with Crippen molar-refractivity contribution < 1.29 is 9.47 Å². The van der Waals surface area contributed by atoms with Gasteiger partial charge in [-0.25, -0.2) is 4.99 Å². The third-order valence-corrected chi connectivity index (χ3v) is 6.55. The Bertz CT molecular complexity index is 1530. The fraction of sp³-hybridized carbons (Fsp3) is 0.241. The largest absolute Gasteiger partial charge is 0.492 e. The lowest BCUT2D eigenvalue weighted by molar-refractivity contribution is 0.301. The van der Waals surface area contributed by atoms with E-state index in [2.05, 4.69) is 26.3 Å². The minimum absolute atomic E-state index is 0.309. The summed E-state index contributed by atoms with van der Waals surface area (Å²) in [5.41, 5.74) is 3.95. The molecule has 0 atom stereocenters. The fourth-order valence-corrected chi connectivity index (χ4v) is 4.57. The quantitative estimate of drug-likeness (QED) is 0.275. The molecule has 4 aromatic rings. The predicted molar refractivity (Wildman–Crippen MR) is 150 cm³/mol. The van der Waals surface area contributed by atoms with Gasteiger partial charge in [-0.3, -0.25) is 9.97 Å². The van der Waals surface area contributed by atoms with E-state index in [0.29, 0.717) is 57.9 Å². The number of fused-ring (bicyclic) bond motifs is 1. The molecule has 1 aliphatic rings. The summed E-state index contributed by atoms with van der Waals surface area (Å²) in [7, 11) is 2.04. The Morgan fingerprint density at radius 1 is 1.13 bits per heavy atom. The van der Waals surface area contributed by atoms with Gasteiger partial charge in [-0.1, -0.05) is 17.7 Å². The first-order chi connectivity index (χ1) is 18.6. The molecule has 1 saturated heterocycles. The summed E-state index contributed by atoms with van der Waals surface area (Å²) in [6.45, 7) is 3.73. The van der Waals surface area contributed by atoms with Gasteiger partial charge in [0.25, 0.3) is 0 Å². The first kappa shape index (κ1) is 25.3. The molecule has 5 rings (SSSR count). The van der Waals surface area contributed by atoms with Crippen molar-refractivity contribution >= 4 is 45.4 Å². The van der Waals surface area contributed by atoms with Gasteiger partial charge in [0.15, 0.2) is 0 Å². The highest BCUT2D eigenvalue weighted by Gasteiger charge is 2.18. The van der Waals surface area contributed by atoms with Crippen molar-refractivity contribution in [1.82, 2.24) is 14.9 Å². The molecule has 9 heteroatoms. The van der Waals surface area contributed by atoms with Crippen LogP contribution in [0.4, 0.5) is 17.1 Å². The Hall–Kier alpha value is -4.35. The second kappa shape index (κ2) is 11.4. The Labute approximate surface area is 226 Å². The van der Waals surface area contributed by atoms with Gasteiger partial charge in [0.05, 0.1) is 34.1 Å². The maximum absolute atomic E-state index is 9.86. The molecular weight excluding hydrogens is 500 g/mol. The van der Waals surface area contributed by atoms with E-state index in [4.69, 9.17) is 26.1 Å². The lowest BCUT2D eigenvalue weighted by Crippen LogP contribution is -2.18. The predicted octanol–water partition coefficient (Wildman–Crippen LogP) is 6.63. The Morgan fingerprint density at radius 2 is 2.03 bits per heavy atom. The van der Waals surface area contributed by atoms with Crippen molar-refractivity contribution in [3.8, 4) is 17.6 Å². The van der Waals surface area contributed by atoms with Crippen molar-refractivity contribution in [3.05, 3.63) is 77.2 Å². The van der Waals surface area contributed by atoms with E-state index in [1.54, 1.807) is 24.5 Å². The van der Waals surface area contributed by atoms with Gasteiger partial charge in [0.2, 0.25) is 0 Å². The summed E-state index contributed by atoms with van der Waals surface area (Å²) < 4.78 is 11.8. The molecule has 2 aromatic carbocycles. The normalized spacial score (nSPS) is 14.1. The summed E-state index contributed by atoms with van der Waals surface area (Å²) in [6.07, 6.45) is 5.26. The summed E-state index contributed by atoms with van der Waals surface area (Å²) in [5.74, 6) is 2.22. The number of ether oxygens (including phenoxy) is 2. The number of pyridine rings is 2. The monoisotopic (exact) mass is 526 g/mol. The third-order valence-electron chi connectivity index (χ3n) is 6.26. The van der Waals surface area contributed by atoms with Crippen LogP contribution in [-0.4, -0.2) is 40.9 Å². The van der Waals surface area contributed by atoms with Gasteiger partial charge < -0.3 is 19.7 Å². The van der Waals surface area contributed by atoms with Crippen LogP contribution in [0.15, 0.2) is 65.9 Å². The zero-order chi connectivity index (χ0) is 26.5. The van der Waals surface area contributed by atoms with Crippen LogP contribution in [-0.2, 0) is 6.61 Å². The molecule has 2 aromatic heterocycles. The topological polar surface area (TPSA) is 95.7 Å². The molecule has 0 saturated carbocycles. The van der Waals surface area contributed by atoms with Crippen LogP contribution in [0.2, 0.25) is 5.02 Å². The van der Waals surface area contributed by atoms with E-state index in [1.807, 2.05) is 50.4 Å². The second-order valence-electron chi connectivity index (χ2n) is 8.86. The molecule has 0 unspecified atom stereocenters. The molecule has 1 fully saturated rings. The maximum Gasteiger partial charge on any atom is 0.147 e. The van der Waals surface area contributed by atoms with E-state index in [0.717, 1.165) is 36.3 Å². The van der Waals surface area contributed by atoms with Gasteiger partial charge in [-0.2, -0.15) is 5.26 Å². The number of nitriles is 1. The zero-order valence-corrected chi connectivity index (χ0v) is 22.0. The van der Waals surface area contributed by atoms with E-state index < -0.39 is 0 Å². The van der Waals surface area contributed by atoms with Crippen LogP contribution in [0.3, 0.4) is 0 Å². The van der Waals surface area contributed by atoms with Crippen LogP contribution in [0, 0.1) is 11.3 Å². The third kappa shape index (κ3) is 5.48. The zero-order valence-electron chi connectivity index (χ0n) is 21.2. The highest BCUT2D eigenvalue weighted by atomic mass is 35.5. The first-order valence-electron chi connectivity index (χ1n) is 12.4. The van der Waals surface area contributed by atoms with Crippen molar-refractivity contribution in [3.63, 3.8) is 0 Å². The summed E-state index contributed by atoms with van der Waals surface area (Å²) in [5, 5.41) is 14.4. The number of likely N-dealkylation sites (tertiary alicyclic amines) is 1. The molecule has 0 radical (unpaired) electrons.